The number of rotatable bonds is 6. The summed E-state index contributed by atoms with van der Waals surface area (Å²) >= 11 is 0. The van der Waals surface area contributed by atoms with Gasteiger partial charge in [0.15, 0.2) is 0 Å². The monoisotopic (exact) mass is 340 g/mol. The first kappa shape index (κ1) is 17.9. The van der Waals surface area contributed by atoms with E-state index in [1.807, 2.05) is 0 Å². The molecule has 0 bridgehead atoms. The van der Waals surface area contributed by atoms with E-state index in [2.05, 4.69) is 5.32 Å². The van der Waals surface area contributed by atoms with E-state index in [9.17, 15) is 19.7 Å². The van der Waals surface area contributed by atoms with E-state index in [1.165, 1.54) is 30.4 Å². The Balaban J connectivity index is 2.02. The molecule has 0 heterocycles. The lowest BCUT2D eigenvalue weighted by molar-refractivity contribution is -0.384. The Hall–Kier alpha value is -3.48. The average Bonchev–Trinajstić information content (AvgIpc) is 2.60. The van der Waals surface area contributed by atoms with Gasteiger partial charge in [0.25, 0.3) is 5.69 Å². The summed E-state index contributed by atoms with van der Waals surface area (Å²) < 4.78 is 5.08. The van der Waals surface area contributed by atoms with Gasteiger partial charge in [-0.15, -0.1) is 0 Å². The van der Waals surface area contributed by atoms with Crippen LogP contribution < -0.4 is 10.1 Å². The standard InChI is InChI=1S/C18H16N2O5/c1-2-18(22)25-16-8-4-6-14(12-16)19-17(21)10-9-13-5-3-7-15(11-13)20(23)24/h3-12H,2H2,1H3,(H,19,21)/b10-9+. The number of carbonyl (C=O) groups excluding carboxylic acids is 2. The Kier molecular flexibility index (Phi) is 6.00. The summed E-state index contributed by atoms with van der Waals surface area (Å²) in [6.07, 6.45) is 3.00. The van der Waals surface area contributed by atoms with Crippen LogP contribution in [0.25, 0.3) is 6.08 Å². The number of nitrogens with zero attached hydrogens (tertiary/aromatic N) is 1. The molecule has 0 spiro atoms. The van der Waals surface area contributed by atoms with Gasteiger partial charge in [-0.3, -0.25) is 19.7 Å². The van der Waals surface area contributed by atoms with Gasteiger partial charge in [-0.2, -0.15) is 0 Å². The molecule has 1 amide bonds. The molecule has 1 N–H and O–H groups in total. The smallest absolute Gasteiger partial charge is 0.310 e. The molecule has 0 fully saturated rings. The van der Waals surface area contributed by atoms with Crippen molar-refractivity contribution in [2.75, 3.05) is 5.32 Å². The molecular formula is C18H16N2O5. The summed E-state index contributed by atoms with van der Waals surface area (Å²) in [6, 6.07) is 12.4. The van der Waals surface area contributed by atoms with E-state index >= 15 is 0 Å². The minimum Gasteiger partial charge on any atom is -0.426 e. The highest BCUT2D eigenvalue weighted by Gasteiger charge is 2.05. The van der Waals surface area contributed by atoms with Crippen molar-refractivity contribution in [1.29, 1.82) is 0 Å². The zero-order chi connectivity index (χ0) is 18.2. The first-order valence-corrected chi connectivity index (χ1v) is 7.52. The SMILES string of the molecule is CCC(=O)Oc1cccc(NC(=O)/C=C/c2cccc([N+](=O)[O-])c2)c1. The van der Waals surface area contributed by atoms with Crippen LogP contribution in [0.5, 0.6) is 5.75 Å². The number of esters is 1. The second-order valence-corrected chi connectivity index (χ2v) is 5.03. The fourth-order valence-electron chi connectivity index (χ4n) is 1.94. The van der Waals surface area contributed by atoms with E-state index in [4.69, 9.17) is 4.74 Å². The number of hydrogen-bond acceptors (Lipinski definition) is 5. The molecule has 25 heavy (non-hydrogen) atoms. The maximum atomic E-state index is 12.0. The van der Waals surface area contributed by atoms with Crippen LogP contribution in [0.1, 0.15) is 18.9 Å². The number of hydrogen-bond donors (Lipinski definition) is 1. The number of nitro benzene ring substituents is 1. The molecule has 0 aromatic heterocycles. The van der Waals surface area contributed by atoms with Gasteiger partial charge in [-0.05, 0) is 23.8 Å². The normalized spacial score (nSPS) is 10.4. The van der Waals surface area contributed by atoms with Gasteiger partial charge < -0.3 is 10.1 Å². The topological polar surface area (TPSA) is 98.5 Å². The van der Waals surface area contributed by atoms with Crippen molar-refractivity contribution < 1.29 is 19.2 Å². The van der Waals surface area contributed by atoms with E-state index in [0.29, 0.717) is 17.0 Å². The summed E-state index contributed by atoms with van der Waals surface area (Å²) in [7, 11) is 0. The molecule has 0 aliphatic carbocycles. The maximum Gasteiger partial charge on any atom is 0.310 e. The Labute approximate surface area is 144 Å². The van der Waals surface area contributed by atoms with Gasteiger partial charge in [0, 0.05) is 36.4 Å². The van der Waals surface area contributed by atoms with Crippen molar-refractivity contribution in [3.63, 3.8) is 0 Å². The molecule has 0 aliphatic heterocycles. The fourth-order valence-corrected chi connectivity index (χ4v) is 1.94. The summed E-state index contributed by atoms with van der Waals surface area (Å²) in [6.45, 7) is 1.69. The Morgan fingerprint density at radius 1 is 1.20 bits per heavy atom. The molecule has 7 heteroatoms. The quantitative estimate of drug-likeness (QED) is 0.285. The largest absolute Gasteiger partial charge is 0.426 e. The molecule has 0 saturated carbocycles. The molecule has 0 saturated heterocycles. The van der Waals surface area contributed by atoms with Crippen LogP contribution in [0.4, 0.5) is 11.4 Å². The van der Waals surface area contributed by atoms with Crippen LogP contribution in [-0.4, -0.2) is 16.8 Å². The number of anilines is 1. The lowest BCUT2D eigenvalue weighted by Crippen LogP contribution is -2.09. The third-order valence-electron chi connectivity index (χ3n) is 3.13. The second kappa shape index (κ2) is 8.39. The number of ether oxygens (including phenoxy) is 1. The van der Waals surface area contributed by atoms with Gasteiger partial charge in [-0.1, -0.05) is 25.1 Å². The van der Waals surface area contributed by atoms with Gasteiger partial charge in [-0.25, -0.2) is 0 Å². The predicted octanol–water partition coefficient (Wildman–Crippen LogP) is 3.56. The van der Waals surface area contributed by atoms with Crippen LogP contribution in [-0.2, 0) is 9.59 Å². The lowest BCUT2D eigenvalue weighted by Gasteiger charge is -2.06. The zero-order valence-electron chi connectivity index (χ0n) is 13.5. The molecule has 0 atom stereocenters. The zero-order valence-corrected chi connectivity index (χ0v) is 13.5. The number of amides is 1. The van der Waals surface area contributed by atoms with Crippen LogP contribution in [0.3, 0.4) is 0 Å². The Bertz CT molecular complexity index is 830. The van der Waals surface area contributed by atoms with Crippen LogP contribution >= 0.6 is 0 Å². The van der Waals surface area contributed by atoms with Gasteiger partial charge in [0.05, 0.1) is 4.92 Å². The molecule has 0 unspecified atom stereocenters. The van der Waals surface area contributed by atoms with Crippen LogP contribution in [0, 0.1) is 10.1 Å². The Morgan fingerprint density at radius 2 is 1.96 bits per heavy atom. The molecule has 2 aromatic rings. The minimum absolute atomic E-state index is 0.0481. The first-order valence-electron chi connectivity index (χ1n) is 7.52. The first-order chi connectivity index (χ1) is 12.0. The van der Waals surface area contributed by atoms with Crippen molar-refractivity contribution in [2.45, 2.75) is 13.3 Å². The molecule has 7 nitrogen and oxygen atoms in total. The van der Waals surface area contributed by atoms with Crippen LogP contribution in [0.2, 0.25) is 0 Å². The molecule has 0 radical (unpaired) electrons. The molecule has 0 aliphatic rings. The third kappa shape index (κ3) is 5.58. The molecule has 2 aromatic carbocycles. The average molecular weight is 340 g/mol. The maximum absolute atomic E-state index is 12.0. The highest BCUT2D eigenvalue weighted by atomic mass is 16.6. The van der Waals surface area contributed by atoms with Crippen molar-refractivity contribution in [1.82, 2.24) is 0 Å². The van der Waals surface area contributed by atoms with Crippen molar-refractivity contribution in [3.05, 3.63) is 70.3 Å². The predicted molar refractivity (Wildman–Crippen MR) is 93.1 cm³/mol. The van der Waals surface area contributed by atoms with Crippen molar-refractivity contribution >= 4 is 29.3 Å². The van der Waals surface area contributed by atoms with Crippen molar-refractivity contribution in [3.8, 4) is 5.75 Å². The van der Waals surface area contributed by atoms with E-state index in [1.54, 1.807) is 37.3 Å². The van der Waals surface area contributed by atoms with E-state index in [0.717, 1.165) is 0 Å². The number of nitrogens with one attached hydrogen (secondary N) is 1. The second-order valence-electron chi connectivity index (χ2n) is 5.03. The van der Waals surface area contributed by atoms with Gasteiger partial charge in [0.2, 0.25) is 5.91 Å². The highest BCUT2D eigenvalue weighted by molar-refractivity contribution is 6.02. The summed E-state index contributed by atoms with van der Waals surface area (Å²) in [4.78, 5) is 33.5. The van der Waals surface area contributed by atoms with Crippen molar-refractivity contribution in [2.24, 2.45) is 0 Å². The number of non-ortho nitro benzene ring substituents is 1. The summed E-state index contributed by atoms with van der Waals surface area (Å²) in [5.41, 5.74) is 0.957. The number of nitro groups is 1. The fraction of sp³-hybridized carbons (Fsp3) is 0.111. The number of benzene rings is 2. The van der Waals surface area contributed by atoms with Gasteiger partial charge >= 0.3 is 5.97 Å². The van der Waals surface area contributed by atoms with Gasteiger partial charge in [0.1, 0.15) is 5.75 Å². The minimum atomic E-state index is -0.500. The molecule has 128 valence electrons. The summed E-state index contributed by atoms with van der Waals surface area (Å²) in [5, 5.41) is 13.4. The van der Waals surface area contributed by atoms with Crippen LogP contribution in [0.15, 0.2) is 54.6 Å². The molecule has 2 rings (SSSR count). The number of carbonyl (C=O) groups is 2. The van der Waals surface area contributed by atoms with E-state index in [-0.39, 0.29) is 18.1 Å². The highest BCUT2D eigenvalue weighted by Crippen LogP contribution is 2.18. The molecular weight excluding hydrogens is 324 g/mol. The summed E-state index contributed by atoms with van der Waals surface area (Å²) in [5.74, 6) is -0.438. The Morgan fingerprint density at radius 3 is 2.68 bits per heavy atom. The lowest BCUT2D eigenvalue weighted by atomic mass is 10.2. The third-order valence-corrected chi connectivity index (χ3v) is 3.13. The van der Waals surface area contributed by atoms with E-state index < -0.39 is 10.8 Å².